The average Bonchev–Trinajstić information content (AvgIpc) is 3.08. The Labute approximate surface area is 104 Å². The van der Waals surface area contributed by atoms with Crippen LogP contribution in [0.2, 0.25) is 5.02 Å². The summed E-state index contributed by atoms with van der Waals surface area (Å²) in [5, 5.41) is 4.02. The molecule has 1 aromatic rings. The number of hydrogen-bond acceptors (Lipinski definition) is 2. The zero-order valence-corrected chi connectivity index (χ0v) is 10.7. The van der Waals surface area contributed by atoms with E-state index in [0.29, 0.717) is 10.8 Å². The third-order valence-corrected chi connectivity index (χ3v) is 4.55. The molecule has 88 valence electrons. The fourth-order valence-corrected chi connectivity index (χ4v) is 3.07. The summed E-state index contributed by atoms with van der Waals surface area (Å²) >= 11 is 5.98. The molecule has 0 amide bonds. The second kappa shape index (κ2) is 5.80. The molecule has 1 atom stereocenters. The molecule has 0 spiro atoms. The first-order valence-corrected chi connectivity index (χ1v) is 7.33. The van der Waals surface area contributed by atoms with Crippen molar-refractivity contribution in [1.29, 1.82) is 0 Å². The van der Waals surface area contributed by atoms with Gasteiger partial charge in [-0.2, -0.15) is 0 Å². The predicted octanol–water partition coefficient (Wildman–Crippen LogP) is 2.59. The fourth-order valence-electron chi connectivity index (χ4n) is 1.54. The van der Waals surface area contributed by atoms with Crippen molar-refractivity contribution in [2.45, 2.75) is 30.2 Å². The van der Waals surface area contributed by atoms with Crippen LogP contribution in [0.25, 0.3) is 0 Å². The molecule has 0 aliphatic heterocycles. The number of benzene rings is 1. The first-order chi connectivity index (χ1) is 7.77. The lowest BCUT2D eigenvalue weighted by Crippen LogP contribution is -2.19. The van der Waals surface area contributed by atoms with Crippen molar-refractivity contribution < 1.29 is 4.21 Å². The highest BCUT2D eigenvalue weighted by atomic mass is 35.5. The van der Waals surface area contributed by atoms with Crippen molar-refractivity contribution in [1.82, 2.24) is 5.32 Å². The Morgan fingerprint density at radius 2 is 2.12 bits per heavy atom. The summed E-state index contributed by atoms with van der Waals surface area (Å²) in [5.74, 6) is 0.684. The largest absolute Gasteiger partial charge is 0.314 e. The maximum atomic E-state index is 11.9. The molecule has 0 radical (unpaired) electrons. The minimum atomic E-state index is -0.961. The van der Waals surface area contributed by atoms with Crippen LogP contribution in [-0.4, -0.2) is 22.5 Å². The Hall–Kier alpha value is -0.380. The maximum absolute atomic E-state index is 11.9. The molecule has 1 fully saturated rings. The van der Waals surface area contributed by atoms with Crippen LogP contribution in [-0.2, 0) is 10.8 Å². The minimum Gasteiger partial charge on any atom is -0.314 e. The van der Waals surface area contributed by atoms with E-state index in [4.69, 9.17) is 11.6 Å². The zero-order chi connectivity index (χ0) is 11.4. The van der Waals surface area contributed by atoms with Gasteiger partial charge < -0.3 is 5.32 Å². The summed E-state index contributed by atoms with van der Waals surface area (Å²) in [6.45, 7) is 0.959. The third-order valence-electron chi connectivity index (χ3n) is 2.60. The van der Waals surface area contributed by atoms with E-state index in [1.165, 1.54) is 12.8 Å². The van der Waals surface area contributed by atoms with Crippen LogP contribution in [0.4, 0.5) is 0 Å². The van der Waals surface area contributed by atoms with Crippen LogP contribution < -0.4 is 5.32 Å². The lowest BCUT2D eigenvalue weighted by molar-refractivity contribution is 0.657. The second-order valence-corrected chi connectivity index (χ2v) is 6.01. The molecular formula is C12H16ClNOS. The molecular weight excluding hydrogens is 242 g/mol. The van der Waals surface area contributed by atoms with Crippen LogP contribution >= 0.6 is 11.6 Å². The lowest BCUT2D eigenvalue weighted by Gasteiger charge is -2.05. The molecule has 0 bridgehead atoms. The molecule has 16 heavy (non-hydrogen) atoms. The molecule has 1 unspecified atom stereocenters. The molecule has 2 rings (SSSR count). The third kappa shape index (κ3) is 3.58. The van der Waals surface area contributed by atoms with Gasteiger partial charge in [0.25, 0.3) is 0 Å². The Morgan fingerprint density at radius 1 is 1.38 bits per heavy atom. The summed E-state index contributed by atoms with van der Waals surface area (Å²) in [5.41, 5.74) is 0. The van der Waals surface area contributed by atoms with Crippen molar-refractivity contribution >= 4 is 22.4 Å². The van der Waals surface area contributed by atoms with Gasteiger partial charge in [-0.15, -0.1) is 0 Å². The van der Waals surface area contributed by atoms with Gasteiger partial charge in [0.05, 0.1) is 20.7 Å². The van der Waals surface area contributed by atoms with Gasteiger partial charge in [-0.3, -0.25) is 4.21 Å². The molecule has 1 aliphatic carbocycles. The van der Waals surface area contributed by atoms with Gasteiger partial charge >= 0.3 is 0 Å². The van der Waals surface area contributed by atoms with Crippen LogP contribution in [0.5, 0.6) is 0 Å². The molecule has 2 nitrogen and oxygen atoms in total. The SMILES string of the molecule is O=S(CCCNC1CC1)c1ccccc1Cl. The Balaban J connectivity index is 1.76. The van der Waals surface area contributed by atoms with E-state index >= 15 is 0 Å². The normalized spacial score (nSPS) is 17.3. The number of hydrogen-bond donors (Lipinski definition) is 1. The first-order valence-electron chi connectivity index (χ1n) is 5.63. The first kappa shape index (κ1) is 12.1. The van der Waals surface area contributed by atoms with Gasteiger partial charge in [-0.25, -0.2) is 0 Å². The van der Waals surface area contributed by atoms with E-state index in [0.717, 1.165) is 23.9 Å². The summed E-state index contributed by atoms with van der Waals surface area (Å²) in [6, 6.07) is 8.09. The number of nitrogens with one attached hydrogen (secondary N) is 1. The standard InChI is InChI=1S/C12H16ClNOS/c13-11-4-1-2-5-12(11)16(15)9-3-8-14-10-6-7-10/h1-2,4-5,10,14H,3,6-9H2. The highest BCUT2D eigenvalue weighted by molar-refractivity contribution is 7.85. The zero-order valence-electron chi connectivity index (χ0n) is 9.12. The van der Waals surface area contributed by atoms with E-state index in [1.807, 2.05) is 18.2 Å². The van der Waals surface area contributed by atoms with Crippen molar-refractivity contribution in [3.05, 3.63) is 29.3 Å². The van der Waals surface area contributed by atoms with Gasteiger partial charge in [0, 0.05) is 11.8 Å². The van der Waals surface area contributed by atoms with Gasteiger partial charge in [0.15, 0.2) is 0 Å². The number of rotatable bonds is 6. The highest BCUT2D eigenvalue weighted by Gasteiger charge is 2.19. The summed E-state index contributed by atoms with van der Waals surface area (Å²) < 4.78 is 11.9. The molecule has 0 saturated heterocycles. The topological polar surface area (TPSA) is 29.1 Å². The van der Waals surface area contributed by atoms with E-state index in [9.17, 15) is 4.21 Å². The van der Waals surface area contributed by atoms with Gasteiger partial charge in [0.1, 0.15) is 0 Å². The highest BCUT2D eigenvalue weighted by Crippen LogP contribution is 2.20. The Bertz CT molecular complexity index is 379. The van der Waals surface area contributed by atoms with Crippen LogP contribution in [0.3, 0.4) is 0 Å². The molecule has 0 aromatic heterocycles. The monoisotopic (exact) mass is 257 g/mol. The van der Waals surface area contributed by atoms with Crippen LogP contribution in [0.15, 0.2) is 29.2 Å². The van der Waals surface area contributed by atoms with E-state index in [-0.39, 0.29) is 0 Å². The van der Waals surface area contributed by atoms with Crippen molar-refractivity contribution in [2.24, 2.45) is 0 Å². The van der Waals surface area contributed by atoms with Crippen molar-refractivity contribution in [3.8, 4) is 0 Å². The van der Waals surface area contributed by atoms with Crippen LogP contribution in [0, 0.1) is 0 Å². The van der Waals surface area contributed by atoms with Crippen LogP contribution in [0.1, 0.15) is 19.3 Å². The summed E-state index contributed by atoms with van der Waals surface area (Å²) in [4.78, 5) is 0.760. The van der Waals surface area contributed by atoms with E-state index in [1.54, 1.807) is 6.07 Å². The average molecular weight is 258 g/mol. The molecule has 1 N–H and O–H groups in total. The van der Waals surface area contributed by atoms with E-state index < -0.39 is 10.8 Å². The molecule has 4 heteroatoms. The van der Waals surface area contributed by atoms with Crippen molar-refractivity contribution in [3.63, 3.8) is 0 Å². The quantitative estimate of drug-likeness (QED) is 0.794. The molecule has 1 aromatic carbocycles. The summed E-state index contributed by atoms with van der Waals surface area (Å²) in [7, 11) is -0.961. The second-order valence-electron chi connectivity index (χ2n) is 4.06. The Morgan fingerprint density at radius 3 is 2.81 bits per heavy atom. The molecule has 1 saturated carbocycles. The van der Waals surface area contributed by atoms with Gasteiger partial charge in [0.2, 0.25) is 0 Å². The molecule has 1 aliphatic rings. The van der Waals surface area contributed by atoms with E-state index in [2.05, 4.69) is 5.32 Å². The minimum absolute atomic E-state index is 0.607. The maximum Gasteiger partial charge on any atom is 0.0574 e. The fraction of sp³-hybridized carbons (Fsp3) is 0.500. The summed E-state index contributed by atoms with van der Waals surface area (Å²) in [6.07, 6.45) is 3.54. The number of halogens is 1. The molecule has 0 heterocycles. The van der Waals surface area contributed by atoms with Gasteiger partial charge in [-0.05, 0) is 37.9 Å². The van der Waals surface area contributed by atoms with Crippen molar-refractivity contribution in [2.75, 3.05) is 12.3 Å². The lowest BCUT2D eigenvalue weighted by atomic mass is 10.4. The predicted molar refractivity (Wildman–Crippen MR) is 68.4 cm³/mol. The van der Waals surface area contributed by atoms with Gasteiger partial charge in [-0.1, -0.05) is 23.7 Å². The smallest absolute Gasteiger partial charge is 0.0574 e. The Kier molecular flexibility index (Phi) is 4.38.